The lowest BCUT2D eigenvalue weighted by molar-refractivity contribution is -0.199. The molecule has 0 spiro atoms. The number of likely N-dealkylation sites (N-methyl/N-ethyl adjacent to an activating group) is 1. The zero-order valence-corrected chi connectivity index (χ0v) is 32.8. The Kier molecular flexibility index (Phi) is 10.5. The number of hydrogen-bond acceptors (Lipinski definition) is 13. The van der Waals surface area contributed by atoms with Crippen molar-refractivity contribution in [2.45, 2.75) is 115 Å². The van der Waals surface area contributed by atoms with Crippen molar-refractivity contribution >= 4 is 40.3 Å². The number of nitriles is 1. The van der Waals surface area contributed by atoms with E-state index >= 15 is 0 Å². The lowest BCUT2D eigenvalue weighted by Crippen LogP contribution is -2.55. The van der Waals surface area contributed by atoms with Gasteiger partial charge < -0.3 is 34.1 Å². The molecule has 2 fully saturated rings. The van der Waals surface area contributed by atoms with E-state index in [-0.39, 0.29) is 36.5 Å². The minimum absolute atomic E-state index is 0.0196. The Morgan fingerprint density at radius 2 is 2.04 bits per heavy atom. The molecule has 14 nitrogen and oxygen atoms in total. The summed E-state index contributed by atoms with van der Waals surface area (Å²) in [4.78, 5) is 42.2. The summed E-state index contributed by atoms with van der Waals surface area (Å²) in [5.41, 5.74) is 0.832. The average molecular weight is 736 g/mol. The van der Waals surface area contributed by atoms with Gasteiger partial charge in [0, 0.05) is 62.2 Å². The molecular weight excluding hydrogens is 683 g/mol. The number of carbonyl (C=O) groups excluding carboxylic acids is 1. The number of carbonyl (C=O) groups is 1. The molecule has 52 heavy (non-hydrogen) atoms. The Bertz CT molecular complexity index is 1770. The third-order valence-electron chi connectivity index (χ3n) is 10.5. The molecule has 0 aromatic carbocycles. The van der Waals surface area contributed by atoms with Gasteiger partial charge in [0.1, 0.15) is 28.6 Å². The maximum Gasteiger partial charge on any atom is 0.410 e. The van der Waals surface area contributed by atoms with Gasteiger partial charge in [0.05, 0.1) is 24.0 Å². The number of piperazine rings is 1. The van der Waals surface area contributed by atoms with Crippen molar-refractivity contribution in [3.05, 3.63) is 27.9 Å². The number of rotatable bonds is 8. The Morgan fingerprint density at radius 3 is 2.69 bits per heavy atom. The Balaban J connectivity index is 1.31. The maximum absolute atomic E-state index is 12.9. The Morgan fingerprint density at radius 1 is 1.27 bits per heavy atom. The SMILES string of the molecule is C[C@H](Oc1cc(N2CCN(C(=O)OC(C)(C)C)C[C@H]2C)nc(C2(O)CC([C@@]3(C)CCCc4sc(/N=C/N(C)C)c(C#N)c43)=NO2)n1)[C@@H]1CCCN1C. The molecule has 6 rings (SSSR count). The summed E-state index contributed by atoms with van der Waals surface area (Å²) in [6.07, 6.45) is 5.82. The van der Waals surface area contributed by atoms with Crippen LogP contribution in [0.1, 0.15) is 95.5 Å². The Hall–Kier alpha value is -4.00. The predicted octanol–water partition coefficient (Wildman–Crippen LogP) is 5.15. The molecule has 0 saturated carbocycles. The van der Waals surface area contributed by atoms with Gasteiger partial charge in [-0.1, -0.05) is 5.16 Å². The van der Waals surface area contributed by atoms with Crippen molar-refractivity contribution in [2.75, 3.05) is 52.2 Å². The molecule has 1 N–H and O–H groups in total. The molecule has 5 atom stereocenters. The van der Waals surface area contributed by atoms with E-state index in [0.717, 1.165) is 49.1 Å². The van der Waals surface area contributed by atoms with Crippen LogP contribution in [0, 0.1) is 11.3 Å². The smallest absolute Gasteiger partial charge is 0.410 e. The number of anilines is 1. The van der Waals surface area contributed by atoms with E-state index in [1.807, 2.05) is 59.7 Å². The van der Waals surface area contributed by atoms with Crippen LogP contribution in [-0.4, -0.2) is 119 Å². The van der Waals surface area contributed by atoms with Crippen molar-refractivity contribution in [3.8, 4) is 11.9 Å². The molecule has 0 bridgehead atoms. The lowest BCUT2D eigenvalue weighted by Gasteiger charge is -2.41. The molecule has 1 amide bonds. The fraction of sp³-hybridized carbons (Fsp3) is 0.676. The molecule has 5 heterocycles. The maximum atomic E-state index is 12.9. The average Bonchev–Trinajstić information content (AvgIpc) is 3.80. The molecule has 1 aliphatic carbocycles. The molecule has 2 aromatic heterocycles. The molecular formula is C37H53N9O5S. The fourth-order valence-corrected chi connectivity index (χ4v) is 9.08. The van der Waals surface area contributed by atoms with Crippen LogP contribution in [0.3, 0.4) is 0 Å². The summed E-state index contributed by atoms with van der Waals surface area (Å²) in [6, 6.07) is 4.34. The van der Waals surface area contributed by atoms with Gasteiger partial charge in [-0.05, 0) is 92.8 Å². The zero-order valence-electron chi connectivity index (χ0n) is 32.0. The van der Waals surface area contributed by atoms with Crippen molar-refractivity contribution in [3.63, 3.8) is 0 Å². The molecule has 0 radical (unpaired) electrons. The minimum atomic E-state index is -1.96. The second kappa shape index (κ2) is 14.4. The van der Waals surface area contributed by atoms with Crippen LogP contribution in [-0.2, 0) is 27.2 Å². The van der Waals surface area contributed by atoms with Crippen LogP contribution in [0.4, 0.5) is 15.6 Å². The number of aromatic nitrogens is 2. The largest absolute Gasteiger partial charge is 0.473 e. The number of oxime groups is 1. The van der Waals surface area contributed by atoms with Crippen LogP contribution >= 0.6 is 11.3 Å². The van der Waals surface area contributed by atoms with Gasteiger partial charge in [-0.25, -0.2) is 14.8 Å². The van der Waals surface area contributed by atoms with E-state index in [2.05, 4.69) is 40.0 Å². The highest BCUT2D eigenvalue weighted by Gasteiger charge is 2.51. The second-order valence-corrected chi connectivity index (χ2v) is 17.1. The quantitative estimate of drug-likeness (QED) is 0.283. The number of fused-ring (bicyclic) bond motifs is 1. The number of aryl methyl sites for hydroxylation is 1. The van der Waals surface area contributed by atoms with E-state index in [4.69, 9.17) is 24.3 Å². The van der Waals surface area contributed by atoms with E-state index in [0.29, 0.717) is 47.6 Å². The van der Waals surface area contributed by atoms with Crippen LogP contribution in [0.5, 0.6) is 5.88 Å². The second-order valence-electron chi connectivity index (χ2n) is 16.0. The number of amides is 1. The summed E-state index contributed by atoms with van der Waals surface area (Å²) in [5, 5.41) is 27.7. The van der Waals surface area contributed by atoms with Gasteiger partial charge in [-0.15, -0.1) is 11.3 Å². The van der Waals surface area contributed by atoms with E-state index in [9.17, 15) is 15.2 Å². The first-order valence-electron chi connectivity index (χ1n) is 18.3. The highest BCUT2D eigenvalue weighted by atomic mass is 32.1. The summed E-state index contributed by atoms with van der Waals surface area (Å²) in [5.74, 6) is -1.02. The summed E-state index contributed by atoms with van der Waals surface area (Å²) in [7, 11) is 5.89. The Labute approximate surface area is 311 Å². The van der Waals surface area contributed by atoms with E-state index in [1.54, 1.807) is 11.2 Å². The van der Waals surface area contributed by atoms with Crippen molar-refractivity contribution in [2.24, 2.45) is 10.1 Å². The molecule has 2 aromatic rings. The van der Waals surface area contributed by atoms with Crippen LogP contribution in [0.2, 0.25) is 0 Å². The van der Waals surface area contributed by atoms with Gasteiger partial charge in [-0.3, -0.25) is 4.90 Å². The van der Waals surface area contributed by atoms with Gasteiger partial charge in [0.15, 0.2) is 0 Å². The third-order valence-corrected chi connectivity index (χ3v) is 11.7. The monoisotopic (exact) mass is 735 g/mol. The van der Waals surface area contributed by atoms with Gasteiger partial charge >= 0.3 is 11.9 Å². The molecule has 15 heteroatoms. The topological polar surface area (TPSA) is 152 Å². The van der Waals surface area contributed by atoms with E-state index in [1.165, 1.54) is 11.3 Å². The summed E-state index contributed by atoms with van der Waals surface area (Å²) >= 11 is 1.54. The lowest BCUT2D eigenvalue weighted by atomic mass is 9.68. The number of thiophene rings is 1. The number of nitrogens with zero attached hydrogens (tertiary/aromatic N) is 9. The van der Waals surface area contributed by atoms with Gasteiger partial charge in [-0.2, -0.15) is 10.2 Å². The minimum Gasteiger partial charge on any atom is -0.473 e. The molecule has 3 aliphatic heterocycles. The number of aliphatic hydroxyl groups is 1. The molecule has 282 valence electrons. The van der Waals surface area contributed by atoms with Crippen molar-refractivity contribution in [1.29, 1.82) is 5.26 Å². The fourth-order valence-electron chi connectivity index (χ4n) is 7.82. The zero-order chi connectivity index (χ0) is 37.6. The summed E-state index contributed by atoms with van der Waals surface area (Å²) in [6.45, 7) is 14.1. The summed E-state index contributed by atoms with van der Waals surface area (Å²) < 4.78 is 12.2. The first kappa shape index (κ1) is 37.7. The van der Waals surface area contributed by atoms with Gasteiger partial charge in [0.25, 0.3) is 0 Å². The van der Waals surface area contributed by atoms with Crippen LogP contribution < -0.4 is 9.64 Å². The molecule has 4 aliphatic rings. The highest BCUT2D eigenvalue weighted by Crippen LogP contribution is 2.51. The van der Waals surface area contributed by atoms with Gasteiger partial charge in [0.2, 0.25) is 11.7 Å². The molecule has 2 saturated heterocycles. The van der Waals surface area contributed by atoms with Crippen molar-refractivity contribution in [1.82, 2.24) is 24.7 Å². The third kappa shape index (κ3) is 7.56. The highest BCUT2D eigenvalue weighted by molar-refractivity contribution is 7.16. The number of aliphatic imine (C=N–C) groups is 1. The van der Waals surface area contributed by atoms with Crippen LogP contribution in [0.25, 0.3) is 0 Å². The first-order chi connectivity index (χ1) is 24.5. The van der Waals surface area contributed by atoms with Crippen molar-refractivity contribution < 1.29 is 24.2 Å². The number of likely N-dealkylation sites (tertiary alicyclic amines) is 1. The number of hydrogen-bond donors (Lipinski definition) is 1. The standard InChI is InChI=1S/C37H53N9O5S/c1-23-21-45(34(47)50-35(3,4)5)16-17-46(23)29-18-30(49-24(2)26-12-11-15-44(26)9)41-33(40-29)37(48)19-28(42-51-37)36(6)14-10-13-27-31(36)25(20-38)32(52-27)39-22-43(7)8/h18,22-24,26,48H,10-17,19,21H2,1-9H3/b39-22+/t23-,24+,26+,36-,37?/m1/s1. The predicted molar refractivity (Wildman–Crippen MR) is 201 cm³/mol. The van der Waals surface area contributed by atoms with E-state index < -0.39 is 16.8 Å². The van der Waals surface area contributed by atoms with Crippen LogP contribution in [0.15, 0.2) is 16.2 Å². The normalized spacial score (nSPS) is 27.2. The first-order valence-corrected chi connectivity index (χ1v) is 19.1. The molecule has 1 unspecified atom stereocenters. The number of ether oxygens (including phenoxy) is 2.